The van der Waals surface area contributed by atoms with Crippen molar-refractivity contribution in [2.75, 3.05) is 0 Å². The fourth-order valence-corrected chi connectivity index (χ4v) is 34.1. The van der Waals surface area contributed by atoms with Crippen LogP contribution in [0.1, 0.15) is 534 Å². The maximum atomic E-state index is 13.7. The fraction of sp³-hybridized carbons (Fsp3) is 0.841. The molecule has 0 unspecified atom stereocenters. The van der Waals surface area contributed by atoms with Gasteiger partial charge in [0.15, 0.2) is 28.9 Å². The number of fused-ring (bicyclic) bond motifs is 25. The lowest BCUT2D eigenvalue weighted by Gasteiger charge is -2.59. The molecule has 0 bridgehead atoms. The van der Waals surface area contributed by atoms with Gasteiger partial charge in [0.25, 0.3) is 0 Å². The lowest BCUT2D eigenvalue weighted by molar-refractivity contribution is -0.186. The number of ketones is 5. The van der Waals surface area contributed by atoms with Crippen LogP contribution in [0.4, 0.5) is 0 Å². The Morgan fingerprint density at radius 2 is 0.560 bits per heavy atom. The Bertz CT molecular complexity index is 6600. The van der Waals surface area contributed by atoms with Crippen molar-refractivity contribution in [2.45, 2.75) is 500 Å². The first kappa shape index (κ1) is 63.4. The van der Waals surface area contributed by atoms with Gasteiger partial charge in [0.05, 0.1) is 11.8 Å². The SMILES string of the molecule is [2H]C([2H])([2H])[C@]12CC[C@H]3[C@@H](CCC4=CC(=O)CC[C@@]43C([2H])([2H])[2H])[C@@H]1CC[C@@]2(OC(=O)C(C)C)C([2H])([2H])[2H].[2H]C([2H])([2H])[C@]12CC[C@H]3[C@@H](CCC4=CC(=O)CC[C@@]43C([2H])([2H])[2H])[C@@H]1CC[C@@]2(OC(=O)C1CCC(CCC)CC1)C([2H])([2H])[2H].[2H]C([2H])([2H])[C@]12CC[C@H]3[C@@H](CCC4=CC(=O)CC[C@@]43C([2H])([2H])[2H])[C@@H]1CC[C@@]2(OC(=O)CC)C([2H])([2H])[2H].[2H]C([2H])([2H])[C@]12CC[C@H]3[C@@H](CCC4=CC(=O)CC[C@@]43C([2H])([2H])[2H])[C@@H]1CC[C@@]2(OC(=O)CC)C([2H])([2H])[2H].[2H]C([2H])([2H])[C@]12CC[C@H]3[C@@H](CCC4=CC(=O)CC[C@@]43C([2H])([2H])[2H])[C@@H]1CC[C@@]2(OC(=O)CCC(C)C)C([2H])([2H])[2H]. The summed E-state index contributed by atoms with van der Waals surface area (Å²) in [4.78, 5) is 126. The Balaban J connectivity index is 0.000000153. The second-order valence-electron chi connectivity index (χ2n) is 49.1. The van der Waals surface area contributed by atoms with E-state index in [1.165, 1.54) is 30.4 Å². The molecule has 0 amide bonds. The predicted molar refractivity (Wildman–Crippen MR) is 556 cm³/mol. The number of rotatable bonds is 14. The summed E-state index contributed by atoms with van der Waals surface area (Å²) in [5.74, 6) is -11.1. The van der Waals surface area contributed by atoms with Gasteiger partial charge < -0.3 is 23.7 Å². The van der Waals surface area contributed by atoms with Crippen LogP contribution in [0.5, 0.6) is 0 Å². The second-order valence-corrected chi connectivity index (χ2v) is 49.1. The van der Waals surface area contributed by atoms with E-state index in [9.17, 15) is 47.9 Å². The van der Waals surface area contributed by atoms with Crippen molar-refractivity contribution in [2.24, 2.45) is 167 Å². The smallest absolute Gasteiger partial charge is 0.309 e. The van der Waals surface area contributed by atoms with Crippen molar-refractivity contribution in [3.63, 3.8) is 0 Å². The molecule has 0 radical (unpaired) electrons. The van der Waals surface area contributed by atoms with Crippen LogP contribution in [0, 0.1) is 167 Å². The summed E-state index contributed by atoms with van der Waals surface area (Å²) < 4.78 is 415. The van der Waals surface area contributed by atoms with Crippen LogP contribution in [-0.2, 0) is 71.6 Å². The van der Waals surface area contributed by atoms with Crippen LogP contribution >= 0.6 is 0 Å². The van der Waals surface area contributed by atoms with Gasteiger partial charge in [-0.25, -0.2) is 0 Å². The van der Waals surface area contributed by atoms with Crippen LogP contribution in [0.3, 0.4) is 0 Å². The van der Waals surface area contributed by atoms with Gasteiger partial charge in [-0.1, -0.05) is 158 Å². The zero-order valence-corrected chi connectivity index (χ0v) is 84.8. The highest BCUT2D eigenvalue weighted by Gasteiger charge is 2.72. The molecule has 21 aliphatic carbocycles. The van der Waals surface area contributed by atoms with Crippen molar-refractivity contribution in [1.82, 2.24) is 0 Å². The van der Waals surface area contributed by atoms with Gasteiger partial charge >= 0.3 is 29.8 Å². The van der Waals surface area contributed by atoms with E-state index in [2.05, 4.69) is 6.92 Å². The molecule has 0 saturated heterocycles. The Hall–Kier alpha value is -5.60. The quantitative estimate of drug-likeness (QED) is 0.117. The fourth-order valence-electron chi connectivity index (χ4n) is 34.1. The molecule has 21 rings (SSSR count). The van der Waals surface area contributed by atoms with E-state index in [1.807, 2.05) is 13.8 Å². The van der Waals surface area contributed by atoms with Crippen LogP contribution in [0.2, 0.25) is 0 Å². The molecule has 0 N–H and O–H groups in total. The Morgan fingerprint density at radius 1 is 0.298 bits per heavy atom. The Kier molecular flexibility index (Phi) is 17.7. The average molecular weight is 1990 g/mol. The normalized spacial score (nSPS) is 52.5. The van der Waals surface area contributed by atoms with Crippen molar-refractivity contribution in [3.8, 4) is 0 Å². The Labute approximate surface area is 914 Å². The van der Waals surface area contributed by atoms with Gasteiger partial charge in [0, 0.05) is 140 Å². The van der Waals surface area contributed by atoms with E-state index in [1.54, 1.807) is 27.7 Å². The number of allylic oxidation sites excluding steroid dienone is 5. The molecule has 0 spiro atoms. The van der Waals surface area contributed by atoms with Gasteiger partial charge in [-0.3, -0.25) is 47.9 Å². The summed E-state index contributed by atoms with van der Waals surface area (Å²) in [5, 5.41) is 0. The molecule has 15 nitrogen and oxygen atoms in total. The van der Waals surface area contributed by atoms with Crippen molar-refractivity contribution >= 4 is 58.8 Å². The zero-order valence-electron chi connectivity index (χ0n) is 130. The summed E-state index contributed by atoms with van der Waals surface area (Å²) in [6.45, 7) is -27.6. The van der Waals surface area contributed by atoms with Gasteiger partial charge in [-0.2, -0.15) is 0 Å². The molecular formula is C126H190O15. The molecule has 0 aromatic rings. The van der Waals surface area contributed by atoms with Gasteiger partial charge in [0.2, 0.25) is 0 Å². The van der Waals surface area contributed by atoms with E-state index in [0.717, 1.165) is 25.7 Å². The lowest BCUT2D eigenvalue weighted by atomic mass is 9.46. The number of hydrogen-bond donors (Lipinski definition) is 0. The minimum Gasteiger partial charge on any atom is -0.459 e. The molecule has 16 saturated carbocycles. The van der Waals surface area contributed by atoms with Gasteiger partial charge in [-0.15, -0.1) is 0 Å². The molecule has 141 heavy (non-hydrogen) atoms. The number of ether oxygens (including phenoxy) is 5. The summed E-state index contributed by atoms with van der Waals surface area (Å²) in [5.41, 5.74) is -22.7. The second kappa shape index (κ2) is 39.4. The van der Waals surface area contributed by atoms with E-state index in [0.29, 0.717) is 117 Å². The highest BCUT2D eigenvalue weighted by molar-refractivity contribution is 5.94. The minimum absolute atomic E-state index is 0.00758. The molecule has 0 aromatic heterocycles. The van der Waals surface area contributed by atoms with Gasteiger partial charge in [-0.05, 0) is 449 Å². The summed E-state index contributed by atoms with van der Waals surface area (Å²) in [6.07, 6.45) is 20.3. The van der Waals surface area contributed by atoms with Crippen LogP contribution in [0.15, 0.2) is 58.2 Å². The molecule has 16 fully saturated rings. The monoisotopic (exact) mass is 1990 g/mol. The highest BCUT2D eigenvalue weighted by Crippen LogP contribution is 2.76. The average Bonchev–Trinajstić information content (AvgIpc) is 1.52. The first-order chi connectivity index (χ1) is 85.1. The van der Waals surface area contributed by atoms with Gasteiger partial charge in [0.1, 0.15) is 28.0 Å². The Morgan fingerprint density at radius 3 is 0.801 bits per heavy atom. The third-order valence-corrected chi connectivity index (χ3v) is 41.8. The van der Waals surface area contributed by atoms with E-state index >= 15 is 0 Å². The van der Waals surface area contributed by atoms with Crippen molar-refractivity contribution in [3.05, 3.63) is 58.2 Å². The number of carbonyl (C=O) groups is 10. The molecule has 30 atom stereocenters. The molecule has 0 aromatic carbocycles. The van der Waals surface area contributed by atoms with E-state index < -0.39 is 286 Å². The first-order valence-electron chi connectivity index (χ1n) is 77.4. The zero-order chi connectivity index (χ0) is 139. The molecule has 0 heterocycles. The highest BCUT2D eigenvalue weighted by atomic mass is 16.6. The topological polar surface area (TPSA) is 217 Å². The van der Waals surface area contributed by atoms with E-state index in [-0.39, 0.29) is 276 Å². The summed E-state index contributed by atoms with van der Waals surface area (Å²) in [6, 6.07) is 0. The first-order valence-corrected chi connectivity index (χ1v) is 54.9. The standard InChI is InChI=1S/C30H46O3.C26H40O3.C24H36O3.2C23H34O3/c1-5-6-20-7-9-21(10-8-20)27(32)33-30(4)18-15-26-24-12-11-22-19-23(31)13-16-28(22,2)25(24)14-17-29(26,30)3;1-17(2)6-9-23(28)29-26(5)15-12-22-20-8-7-18-16-19(27)10-13-24(18,3)21(20)11-14-25(22,26)4;1-15(2)21(26)27-24(5)13-10-20-18-7-6-16-14-17(25)8-11-22(16,3)19(18)9-12-23(20,24)4;2*1-5-20(25)26-23(4)13-10-19-17-7-6-15-14-16(24)8-11-21(15,2)18(17)9-12-22(19,23)3/h19-21,24-26H,5-18H2,1-4H3;16-17,20-22H,6-15H2,1-5H3;14-15,18-20H,6-13H2,1-5H3;2*14,17-19H,5-13H2,1-4H3/t20?,21?,24-,25+,26+,28+,29+,30+;20-,21+,22+,24+,25+,26+;18-,19+,20+,22+,23+,24+;2*17-,18+,19+,21+,22+,23+/m11111/s1/i2D3,3D3,4D3;2*3D3,4D3,5D3;2*2D3,3D3,4D3. The maximum absolute atomic E-state index is 13.7. The van der Waals surface area contributed by atoms with Crippen LogP contribution in [0.25, 0.3) is 0 Å². The van der Waals surface area contributed by atoms with Crippen LogP contribution in [-0.4, -0.2) is 86.8 Å². The number of hydrogen-bond acceptors (Lipinski definition) is 15. The summed E-state index contributed by atoms with van der Waals surface area (Å²) >= 11 is 0. The molecule has 784 valence electrons. The summed E-state index contributed by atoms with van der Waals surface area (Å²) in [7, 11) is 0. The molecular weight excluding hydrogens is 1750 g/mol. The minimum atomic E-state index is -2.87. The number of carbonyl (C=O) groups excluding carboxylic acids is 10. The van der Waals surface area contributed by atoms with E-state index in [4.69, 9.17) is 85.4 Å². The molecule has 15 heteroatoms. The van der Waals surface area contributed by atoms with Crippen molar-refractivity contribution in [1.29, 1.82) is 0 Å². The molecule has 0 aliphatic heterocycles. The third-order valence-electron chi connectivity index (χ3n) is 41.8. The van der Waals surface area contributed by atoms with Crippen molar-refractivity contribution < 1.29 is 133 Å². The maximum Gasteiger partial charge on any atom is 0.309 e. The lowest BCUT2D eigenvalue weighted by Crippen LogP contribution is -2.55. The number of esters is 5. The van der Waals surface area contributed by atoms with Crippen LogP contribution < -0.4 is 0 Å². The third kappa shape index (κ3) is 18.2. The predicted octanol–water partition coefficient (Wildman–Crippen LogP) is 29.6. The largest absolute Gasteiger partial charge is 0.459 e. The molecule has 21 aliphatic rings.